The predicted octanol–water partition coefficient (Wildman–Crippen LogP) is 1.05. The molecule has 0 aliphatic rings. The van der Waals surface area contributed by atoms with Gasteiger partial charge in [-0.05, 0) is 12.1 Å². The molecule has 0 aliphatic carbocycles. The Morgan fingerprint density at radius 3 is 2.92 bits per heavy atom. The van der Waals surface area contributed by atoms with Gasteiger partial charge >= 0.3 is 0 Å². The quantitative estimate of drug-likeness (QED) is 0.506. The van der Waals surface area contributed by atoms with Crippen molar-refractivity contribution in [3.8, 4) is 0 Å². The van der Waals surface area contributed by atoms with E-state index in [2.05, 4.69) is 15.4 Å². The largest absolute Gasteiger partial charge is 0.307 e. The van der Waals surface area contributed by atoms with Gasteiger partial charge in [0.15, 0.2) is 5.82 Å². The molecule has 1 aromatic carbocycles. The van der Waals surface area contributed by atoms with Crippen LogP contribution in [0.15, 0.2) is 24.4 Å². The summed E-state index contributed by atoms with van der Waals surface area (Å²) in [6.07, 6.45) is 1.45. The van der Waals surface area contributed by atoms with E-state index in [0.29, 0.717) is 16.9 Å². The number of nitrogens with one attached hydrogen (secondary N) is 1. The maximum Gasteiger partial charge on any atom is 0.159 e. The standard InChI is InChI=1S/C8H7FN4/c9-5-1-2-6-7(3-5)11-4-8(12-6)13-10/h1-4H,10H2,(H,12,13). The first-order valence-electron chi connectivity index (χ1n) is 3.68. The number of hydrogen-bond acceptors (Lipinski definition) is 4. The van der Waals surface area contributed by atoms with Crippen molar-refractivity contribution in [2.45, 2.75) is 0 Å². The maximum atomic E-state index is 12.7. The van der Waals surface area contributed by atoms with Gasteiger partial charge < -0.3 is 5.43 Å². The SMILES string of the molecule is NNc1cnc2cc(F)ccc2n1. The first-order chi connectivity index (χ1) is 6.29. The van der Waals surface area contributed by atoms with Gasteiger partial charge in [0, 0.05) is 6.07 Å². The summed E-state index contributed by atoms with van der Waals surface area (Å²) in [5.74, 6) is 5.28. The van der Waals surface area contributed by atoms with Crippen LogP contribution in [0, 0.1) is 5.82 Å². The molecular formula is C8H7FN4. The maximum absolute atomic E-state index is 12.7. The molecule has 2 rings (SSSR count). The molecule has 4 nitrogen and oxygen atoms in total. The van der Waals surface area contributed by atoms with Crippen molar-refractivity contribution < 1.29 is 4.39 Å². The Morgan fingerprint density at radius 2 is 2.15 bits per heavy atom. The summed E-state index contributed by atoms with van der Waals surface area (Å²) in [5.41, 5.74) is 3.49. The van der Waals surface area contributed by atoms with E-state index in [1.807, 2.05) is 0 Å². The molecule has 0 saturated carbocycles. The monoisotopic (exact) mass is 178 g/mol. The second kappa shape index (κ2) is 2.95. The molecule has 13 heavy (non-hydrogen) atoms. The van der Waals surface area contributed by atoms with E-state index in [1.54, 1.807) is 6.07 Å². The summed E-state index contributed by atoms with van der Waals surface area (Å²) in [6.45, 7) is 0. The molecule has 2 aromatic rings. The second-order valence-electron chi connectivity index (χ2n) is 2.53. The molecule has 0 saturated heterocycles. The van der Waals surface area contributed by atoms with Gasteiger partial charge in [-0.3, -0.25) is 4.98 Å². The number of fused-ring (bicyclic) bond motifs is 1. The summed E-state index contributed by atoms with van der Waals surface area (Å²) in [4.78, 5) is 8.04. The van der Waals surface area contributed by atoms with E-state index in [-0.39, 0.29) is 5.82 Å². The summed E-state index contributed by atoms with van der Waals surface area (Å²) < 4.78 is 12.7. The summed E-state index contributed by atoms with van der Waals surface area (Å²) in [5, 5.41) is 0. The van der Waals surface area contributed by atoms with Crippen molar-refractivity contribution >= 4 is 16.9 Å². The highest BCUT2D eigenvalue weighted by Gasteiger charge is 1.99. The number of anilines is 1. The average Bonchev–Trinajstić information content (AvgIpc) is 2.17. The van der Waals surface area contributed by atoms with Crippen LogP contribution in [-0.4, -0.2) is 9.97 Å². The molecule has 1 aromatic heterocycles. The van der Waals surface area contributed by atoms with Gasteiger partial charge in [0.2, 0.25) is 0 Å². The molecule has 0 radical (unpaired) electrons. The predicted molar refractivity (Wildman–Crippen MR) is 47.3 cm³/mol. The Balaban J connectivity index is 2.66. The van der Waals surface area contributed by atoms with E-state index >= 15 is 0 Å². The third kappa shape index (κ3) is 1.41. The molecule has 0 bridgehead atoms. The Labute approximate surface area is 73.6 Å². The number of nitrogen functional groups attached to an aromatic ring is 1. The smallest absolute Gasteiger partial charge is 0.159 e. The number of hydrazine groups is 1. The molecule has 0 atom stereocenters. The van der Waals surface area contributed by atoms with Crippen LogP contribution in [0.2, 0.25) is 0 Å². The van der Waals surface area contributed by atoms with Gasteiger partial charge in [-0.25, -0.2) is 15.2 Å². The Kier molecular flexibility index (Phi) is 1.79. The van der Waals surface area contributed by atoms with Gasteiger partial charge in [0.05, 0.1) is 17.2 Å². The zero-order valence-electron chi connectivity index (χ0n) is 6.66. The van der Waals surface area contributed by atoms with Crippen LogP contribution in [0.5, 0.6) is 0 Å². The molecule has 0 fully saturated rings. The highest BCUT2D eigenvalue weighted by atomic mass is 19.1. The van der Waals surface area contributed by atoms with Gasteiger partial charge in [-0.15, -0.1) is 0 Å². The van der Waals surface area contributed by atoms with E-state index in [0.717, 1.165) is 0 Å². The van der Waals surface area contributed by atoms with Crippen LogP contribution in [0.3, 0.4) is 0 Å². The zero-order chi connectivity index (χ0) is 9.26. The summed E-state index contributed by atoms with van der Waals surface area (Å²) in [6, 6.07) is 4.21. The molecule has 0 aliphatic heterocycles. The Hall–Kier alpha value is -1.75. The van der Waals surface area contributed by atoms with Crippen molar-refractivity contribution in [2.24, 2.45) is 5.84 Å². The second-order valence-corrected chi connectivity index (χ2v) is 2.53. The fourth-order valence-corrected chi connectivity index (χ4v) is 1.05. The van der Waals surface area contributed by atoms with E-state index < -0.39 is 0 Å². The molecule has 1 heterocycles. The lowest BCUT2D eigenvalue weighted by Crippen LogP contribution is -2.08. The molecule has 5 heteroatoms. The van der Waals surface area contributed by atoms with Crippen molar-refractivity contribution in [2.75, 3.05) is 5.43 Å². The van der Waals surface area contributed by atoms with Crippen LogP contribution in [0.1, 0.15) is 0 Å². The minimum atomic E-state index is -0.324. The Morgan fingerprint density at radius 1 is 1.31 bits per heavy atom. The van der Waals surface area contributed by atoms with Crippen LogP contribution in [0.4, 0.5) is 10.2 Å². The summed E-state index contributed by atoms with van der Waals surface area (Å²) >= 11 is 0. The highest BCUT2D eigenvalue weighted by molar-refractivity contribution is 5.75. The molecule has 0 unspecified atom stereocenters. The minimum absolute atomic E-state index is 0.324. The number of rotatable bonds is 1. The molecule has 3 N–H and O–H groups in total. The molecule has 0 spiro atoms. The third-order valence-corrected chi connectivity index (χ3v) is 1.65. The normalized spacial score (nSPS) is 10.3. The van der Waals surface area contributed by atoms with Gasteiger partial charge in [0.25, 0.3) is 0 Å². The fourth-order valence-electron chi connectivity index (χ4n) is 1.05. The number of hydrogen-bond donors (Lipinski definition) is 2. The van der Waals surface area contributed by atoms with Crippen LogP contribution in [0.25, 0.3) is 11.0 Å². The van der Waals surface area contributed by atoms with Crippen molar-refractivity contribution in [1.82, 2.24) is 9.97 Å². The first kappa shape index (κ1) is 7.88. The fraction of sp³-hybridized carbons (Fsp3) is 0. The van der Waals surface area contributed by atoms with Crippen LogP contribution >= 0.6 is 0 Å². The summed E-state index contributed by atoms with van der Waals surface area (Å²) in [7, 11) is 0. The average molecular weight is 178 g/mol. The van der Waals surface area contributed by atoms with Gasteiger partial charge in [-0.2, -0.15) is 0 Å². The lowest BCUT2D eigenvalue weighted by atomic mass is 10.3. The number of nitrogens with zero attached hydrogens (tertiary/aromatic N) is 2. The Bertz CT molecular complexity index is 443. The van der Waals surface area contributed by atoms with E-state index in [1.165, 1.54) is 18.3 Å². The van der Waals surface area contributed by atoms with Gasteiger partial charge in [-0.1, -0.05) is 0 Å². The van der Waals surface area contributed by atoms with E-state index in [9.17, 15) is 4.39 Å². The van der Waals surface area contributed by atoms with Crippen molar-refractivity contribution in [3.63, 3.8) is 0 Å². The number of benzene rings is 1. The topological polar surface area (TPSA) is 63.8 Å². The third-order valence-electron chi connectivity index (χ3n) is 1.65. The number of nitrogens with two attached hydrogens (primary N) is 1. The van der Waals surface area contributed by atoms with Crippen molar-refractivity contribution in [1.29, 1.82) is 0 Å². The number of aromatic nitrogens is 2. The van der Waals surface area contributed by atoms with Crippen LogP contribution < -0.4 is 11.3 Å². The molecular weight excluding hydrogens is 171 g/mol. The lowest BCUT2D eigenvalue weighted by Gasteiger charge is -2.00. The van der Waals surface area contributed by atoms with Crippen LogP contribution in [-0.2, 0) is 0 Å². The van der Waals surface area contributed by atoms with Crippen molar-refractivity contribution in [3.05, 3.63) is 30.2 Å². The molecule has 66 valence electrons. The molecule has 0 amide bonds. The number of halogens is 1. The highest BCUT2D eigenvalue weighted by Crippen LogP contribution is 2.12. The van der Waals surface area contributed by atoms with E-state index in [4.69, 9.17) is 5.84 Å². The van der Waals surface area contributed by atoms with Gasteiger partial charge in [0.1, 0.15) is 5.82 Å². The first-order valence-corrected chi connectivity index (χ1v) is 3.68. The minimum Gasteiger partial charge on any atom is -0.307 e. The zero-order valence-corrected chi connectivity index (χ0v) is 6.66. The lowest BCUT2D eigenvalue weighted by molar-refractivity contribution is 0.629.